The molecule has 4 rings (SSSR count). The van der Waals surface area contributed by atoms with Crippen LogP contribution in [0.3, 0.4) is 0 Å². The van der Waals surface area contributed by atoms with E-state index in [0.717, 1.165) is 61.6 Å². The van der Waals surface area contributed by atoms with Crippen LogP contribution in [0.25, 0.3) is 0 Å². The molecule has 1 aromatic carbocycles. The molecular formula is C30H36N6OS. The minimum atomic E-state index is 0.113. The van der Waals surface area contributed by atoms with E-state index in [1.54, 1.807) is 0 Å². The molecule has 8 heteroatoms. The van der Waals surface area contributed by atoms with E-state index in [1.165, 1.54) is 22.9 Å². The van der Waals surface area contributed by atoms with Gasteiger partial charge in [-0.25, -0.2) is 9.97 Å². The molecule has 1 fully saturated rings. The van der Waals surface area contributed by atoms with Crippen molar-refractivity contribution in [2.75, 3.05) is 45.6 Å². The highest BCUT2D eigenvalue weighted by Gasteiger charge is 2.18. The molecule has 1 saturated heterocycles. The van der Waals surface area contributed by atoms with Crippen molar-refractivity contribution in [3.8, 4) is 0 Å². The van der Waals surface area contributed by atoms with Crippen molar-refractivity contribution in [2.24, 2.45) is 0 Å². The van der Waals surface area contributed by atoms with Crippen LogP contribution >= 0.6 is 11.8 Å². The van der Waals surface area contributed by atoms with Crippen LogP contribution in [0.5, 0.6) is 0 Å². The maximum atomic E-state index is 12.7. The van der Waals surface area contributed by atoms with Crippen LogP contribution in [-0.4, -0.2) is 65.3 Å². The molecule has 38 heavy (non-hydrogen) atoms. The summed E-state index contributed by atoms with van der Waals surface area (Å²) in [5, 5.41) is 6.40. The van der Waals surface area contributed by atoms with Gasteiger partial charge in [0.15, 0.2) is 0 Å². The Morgan fingerprint density at radius 3 is 2.47 bits per heavy atom. The first-order chi connectivity index (χ1) is 18.6. The minimum Gasteiger partial charge on any atom is -0.394 e. The van der Waals surface area contributed by atoms with Crippen LogP contribution in [0.2, 0.25) is 0 Å². The lowest BCUT2D eigenvalue weighted by molar-refractivity contribution is 0.224. The smallest absolute Gasteiger partial charge is 0.286 e. The molecule has 0 bridgehead atoms. The molecular weight excluding hydrogens is 492 g/mol. The molecule has 2 aliphatic rings. The van der Waals surface area contributed by atoms with Crippen molar-refractivity contribution < 1.29 is 4.79 Å². The number of allylic oxidation sites excluding steroid dienone is 9. The molecule has 0 spiro atoms. The zero-order valence-corrected chi connectivity index (χ0v) is 23.0. The number of carbonyl (C=O) groups excluding carboxylic acids is 1. The van der Waals surface area contributed by atoms with E-state index in [1.807, 2.05) is 54.8 Å². The SMILES string of the molecule is CN/C=C\C1=C(C=CCc2cnc(Nc3ccc(SC(=O)N4CCCN(C)CC4)cc3)nc2)C=CCC=C1. The lowest BCUT2D eigenvalue weighted by Crippen LogP contribution is -2.31. The third kappa shape index (κ3) is 8.46. The summed E-state index contributed by atoms with van der Waals surface area (Å²) in [7, 11) is 4.00. The predicted octanol–water partition coefficient (Wildman–Crippen LogP) is 5.71. The quantitative estimate of drug-likeness (QED) is 0.425. The number of likely N-dealkylation sites (N-methyl/N-ethyl adjacent to an activating group) is 1. The molecule has 1 amide bonds. The number of benzene rings is 1. The van der Waals surface area contributed by atoms with Gasteiger partial charge >= 0.3 is 0 Å². The van der Waals surface area contributed by atoms with E-state index in [9.17, 15) is 4.79 Å². The number of aromatic nitrogens is 2. The first-order valence-corrected chi connectivity index (χ1v) is 13.8. The highest BCUT2D eigenvalue weighted by atomic mass is 32.2. The Labute approximate surface area is 230 Å². The normalized spacial score (nSPS) is 16.7. The van der Waals surface area contributed by atoms with Crippen LogP contribution < -0.4 is 10.6 Å². The second-order valence-corrected chi connectivity index (χ2v) is 10.3. The van der Waals surface area contributed by atoms with Crippen LogP contribution in [0.15, 0.2) is 101 Å². The fourth-order valence-electron chi connectivity index (χ4n) is 4.11. The fraction of sp³-hybridized carbons (Fsp3) is 0.300. The second-order valence-electron chi connectivity index (χ2n) is 9.26. The van der Waals surface area contributed by atoms with Crippen molar-refractivity contribution >= 4 is 28.6 Å². The summed E-state index contributed by atoms with van der Waals surface area (Å²) in [6.07, 6.45) is 23.3. The van der Waals surface area contributed by atoms with Gasteiger partial charge in [0.1, 0.15) is 0 Å². The summed E-state index contributed by atoms with van der Waals surface area (Å²) in [6, 6.07) is 7.82. The van der Waals surface area contributed by atoms with Gasteiger partial charge in [-0.05, 0) is 97.9 Å². The molecule has 1 aliphatic heterocycles. The monoisotopic (exact) mass is 528 g/mol. The highest BCUT2D eigenvalue weighted by molar-refractivity contribution is 8.13. The van der Waals surface area contributed by atoms with E-state index in [4.69, 9.17) is 0 Å². The summed E-state index contributed by atoms with van der Waals surface area (Å²) < 4.78 is 0. The zero-order chi connectivity index (χ0) is 26.6. The molecule has 2 heterocycles. The number of rotatable bonds is 8. The average Bonchev–Trinajstić information content (AvgIpc) is 3.29. The molecule has 2 aromatic rings. The van der Waals surface area contributed by atoms with Gasteiger partial charge in [0.05, 0.1) is 0 Å². The number of nitrogens with zero attached hydrogens (tertiary/aromatic N) is 4. The van der Waals surface area contributed by atoms with E-state index in [-0.39, 0.29) is 5.24 Å². The Morgan fingerprint density at radius 2 is 1.74 bits per heavy atom. The van der Waals surface area contributed by atoms with Gasteiger partial charge < -0.3 is 20.4 Å². The molecule has 0 atom stereocenters. The maximum absolute atomic E-state index is 12.7. The van der Waals surface area contributed by atoms with Gasteiger partial charge in [-0.15, -0.1) is 0 Å². The second kappa shape index (κ2) is 14.4. The van der Waals surface area contributed by atoms with Gasteiger partial charge in [-0.2, -0.15) is 0 Å². The largest absolute Gasteiger partial charge is 0.394 e. The Kier molecular flexibility index (Phi) is 10.4. The number of carbonyl (C=O) groups is 1. The van der Waals surface area contributed by atoms with Crippen molar-refractivity contribution in [2.45, 2.75) is 24.2 Å². The first kappa shape index (κ1) is 27.4. The molecule has 2 N–H and O–H groups in total. The summed E-state index contributed by atoms with van der Waals surface area (Å²) in [5.41, 5.74) is 4.27. The molecule has 1 aliphatic carbocycles. The Hall–Kier alpha value is -3.62. The summed E-state index contributed by atoms with van der Waals surface area (Å²) >= 11 is 1.29. The van der Waals surface area contributed by atoms with Crippen molar-refractivity contribution in [3.05, 3.63) is 102 Å². The molecule has 0 radical (unpaired) electrons. The van der Waals surface area contributed by atoms with E-state index >= 15 is 0 Å². The average molecular weight is 529 g/mol. The van der Waals surface area contributed by atoms with Gasteiger partial charge in [0.2, 0.25) is 5.95 Å². The summed E-state index contributed by atoms with van der Waals surface area (Å²) in [5.74, 6) is 0.543. The number of thioether (sulfide) groups is 1. The van der Waals surface area contributed by atoms with Crippen LogP contribution in [0, 0.1) is 0 Å². The number of amides is 1. The number of hydrogen-bond acceptors (Lipinski definition) is 7. The molecule has 7 nitrogen and oxygen atoms in total. The Morgan fingerprint density at radius 1 is 1.00 bits per heavy atom. The summed E-state index contributed by atoms with van der Waals surface area (Å²) in [6.45, 7) is 3.57. The topological polar surface area (TPSA) is 73.4 Å². The predicted molar refractivity (Wildman–Crippen MR) is 158 cm³/mol. The fourth-order valence-corrected chi connectivity index (χ4v) is 4.90. The molecule has 1 aromatic heterocycles. The van der Waals surface area contributed by atoms with Gasteiger partial charge in [-0.1, -0.05) is 36.5 Å². The van der Waals surface area contributed by atoms with Gasteiger partial charge in [0.25, 0.3) is 5.24 Å². The number of anilines is 2. The number of nitrogens with one attached hydrogen (secondary N) is 2. The zero-order valence-electron chi connectivity index (χ0n) is 22.1. The van der Waals surface area contributed by atoms with Crippen molar-refractivity contribution in [3.63, 3.8) is 0 Å². The molecule has 198 valence electrons. The minimum absolute atomic E-state index is 0.113. The van der Waals surface area contributed by atoms with Crippen LogP contribution in [0.1, 0.15) is 18.4 Å². The third-order valence-corrected chi connectivity index (χ3v) is 7.22. The van der Waals surface area contributed by atoms with Gasteiger partial charge in [0, 0.05) is 49.7 Å². The molecule has 0 saturated carbocycles. The lowest BCUT2D eigenvalue weighted by Gasteiger charge is -2.19. The van der Waals surface area contributed by atoms with Crippen molar-refractivity contribution in [1.29, 1.82) is 0 Å². The Balaban J connectivity index is 1.29. The van der Waals surface area contributed by atoms with E-state index in [2.05, 4.69) is 75.1 Å². The maximum Gasteiger partial charge on any atom is 0.286 e. The summed E-state index contributed by atoms with van der Waals surface area (Å²) in [4.78, 5) is 26.8. The van der Waals surface area contributed by atoms with Gasteiger partial charge in [-0.3, -0.25) is 4.79 Å². The standard InChI is InChI=1S/C30H36N6OS/c1-31-17-16-26-10-5-3-4-9-25(26)11-6-8-24-22-32-29(33-23-24)34-27-12-14-28(15-13-27)38-30(37)36-19-7-18-35(2)20-21-36/h4-6,9-17,22-23,31H,3,7-8,18-21H2,1-2H3,(H,32,33,34)/b11-6?,17-16-. The molecule has 0 unspecified atom stereocenters. The number of hydrogen-bond donors (Lipinski definition) is 2. The third-order valence-electron chi connectivity index (χ3n) is 6.28. The lowest BCUT2D eigenvalue weighted by atomic mass is 10.1. The van der Waals surface area contributed by atoms with Crippen molar-refractivity contribution in [1.82, 2.24) is 25.1 Å². The Bertz CT molecular complexity index is 1210. The van der Waals surface area contributed by atoms with E-state index < -0.39 is 0 Å². The van der Waals surface area contributed by atoms with Crippen LogP contribution in [0.4, 0.5) is 16.4 Å². The van der Waals surface area contributed by atoms with E-state index in [0.29, 0.717) is 5.95 Å². The first-order valence-electron chi connectivity index (χ1n) is 13.0. The highest BCUT2D eigenvalue weighted by Crippen LogP contribution is 2.25. The van der Waals surface area contributed by atoms with Crippen LogP contribution in [-0.2, 0) is 6.42 Å².